The van der Waals surface area contributed by atoms with E-state index < -0.39 is 0 Å². The van der Waals surface area contributed by atoms with E-state index in [0.717, 1.165) is 17.6 Å². The highest BCUT2D eigenvalue weighted by molar-refractivity contribution is 5.33. The first-order valence-electron chi connectivity index (χ1n) is 4.59. The zero-order chi connectivity index (χ0) is 9.47. The van der Waals surface area contributed by atoms with Gasteiger partial charge in [0, 0.05) is 16.8 Å². The summed E-state index contributed by atoms with van der Waals surface area (Å²) in [6.07, 6.45) is 4.00. The predicted molar refractivity (Wildman–Crippen MR) is 53.1 cm³/mol. The van der Waals surface area contributed by atoms with E-state index in [-0.39, 0.29) is 5.41 Å². The van der Waals surface area contributed by atoms with Gasteiger partial charge in [-0.25, -0.2) is 0 Å². The molecule has 2 nitrogen and oxygen atoms in total. The molecule has 0 saturated carbocycles. The number of fused-ring (bicyclic) bond motifs is 1. The number of aromatic nitrogens is 1. The molecule has 0 amide bonds. The van der Waals surface area contributed by atoms with Crippen molar-refractivity contribution in [3.63, 3.8) is 0 Å². The van der Waals surface area contributed by atoms with Crippen molar-refractivity contribution in [1.82, 2.24) is 4.98 Å². The molecule has 2 heteroatoms. The third kappa shape index (κ3) is 1.37. The maximum atomic E-state index is 4.43. The van der Waals surface area contributed by atoms with E-state index in [1.807, 2.05) is 12.3 Å². The van der Waals surface area contributed by atoms with Crippen molar-refractivity contribution in [2.45, 2.75) is 26.2 Å². The molecule has 68 valence electrons. The second kappa shape index (κ2) is 2.66. The SMILES string of the molecule is CC(C)(C)c1nccc2c1=CCN=2. The number of rotatable bonds is 0. The summed E-state index contributed by atoms with van der Waals surface area (Å²) >= 11 is 0. The van der Waals surface area contributed by atoms with Crippen LogP contribution in [0.25, 0.3) is 6.08 Å². The van der Waals surface area contributed by atoms with Crippen LogP contribution in [-0.4, -0.2) is 11.5 Å². The number of hydrogen-bond donors (Lipinski definition) is 0. The van der Waals surface area contributed by atoms with Gasteiger partial charge in [0.15, 0.2) is 0 Å². The molecule has 1 aromatic rings. The largest absolute Gasteiger partial charge is 0.280 e. The fourth-order valence-electron chi connectivity index (χ4n) is 1.64. The van der Waals surface area contributed by atoms with Crippen molar-refractivity contribution in [1.29, 1.82) is 0 Å². The lowest BCUT2D eigenvalue weighted by Gasteiger charge is -2.17. The molecule has 0 unspecified atom stereocenters. The second-order valence-electron chi connectivity index (χ2n) is 4.39. The topological polar surface area (TPSA) is 25.2 Å². The monoisotopic (exact) mass is 174 g/mol. The van der Waals surface area contributed by atoms with Gasteiger partial charge < -0.3 is 0 Å². The normalized spacial score (nSPS) is 14.7. The molecule has 0 atom stereocenters. The van der Waals surface area contributed by atoms with E-state index in [2.05, 4.69) is 36.8 Å². The Bertz CT molecular complexity index is 438. The Kier molecular flexibility index (Phi) is 1.72. The molecule has 0 aliphatic carbocycles. The van der Waals surface area contributed by atoms with Gasteiger partial charge in [0.2, 0.25) is 0 Å². The summed E-state index contributed by atoms with van der Waals surface area (Å²) in [6, 6.07) is 1.98. The van der Waals surface area contributed by atoms with Crippen LogP contribution >= 0.6 is 0 Å². The minimum atomic E-state index is 0.113. The Morgan fingerprint density at radius 3 is 2.77 bits per heavy atom. The molecule has 2 heterocycles. The summed E-state index contributed by atoms with van der Waals surface area (Å²) in [5.41, 5.74) is 1.27. The molecule has 13 heavy (non-hydrogen) atoms. The fraction of sp³-hybridized carbons (Fsp3) is 0.455. The Balaban J connectivity index is 2.77. The highest BCUT2D eigenvalue weighted by Crippen LogP contribution is 2.15. The average molecular weight is 174 g/mol. The van der Waals surface area contributed by atoms with Crippen LogP contribution < -0.4 is 10.6 Å². The standard InChI is InChI=1S/C11H14N2/c1-11(2,3)10-8-4-6-12-9(8)5-7-13-10/h4-5,7H,6H2,1-3H3. The van der Waals surface area contributed by atoms with Crippen LogP contribution in [0.5, 0.6) is 0 Å². The maximum Gasteiger partial charge on any atom is 0.0681 e. The first-order valence-corrected chi connectivity index (χ1v) is 4.59. The molecule has 2 rings (SSSR count). The molecule has 1 aliphatic rings. The van der Waals surface area contributed by atoms with Crippen LogP contribution in [0.2, 0.25) is 0 Å². The molecule has 0 saturated heterocycles. The number of pyridine rings is 1. The van der Waals surface area contributed by atoms with Gasteiger partial charge in [-0.1, -0.05) is 26.8 Å². The van der Waals surface area contributed by atoms with Gasteiger partial charge in [0.1, 0.15) is 0 Å². The third-order valence-electron chi connectivity index (χ3n) is 2.23. The molecule has 0 N–H and O–H groups in total. The quantitative estimate of drug-likeness (QED) is 0.571. The molecule has 1 aliphatic heterocycles. The van der Waals surface area contributed by atoms with Gasteiger partial charge in [0.05, 0.1) is 17.6 Å². The van der Waals surface area contributed by atoms with Crippen LogP contribution in [0.4, 0.5) is 0 Å². The van der Waals surface area contributed by atoms with Crippen molar-refractivity contribution in [2.24, 2.45) is 4.99 Å². The number of nitrogens with zero attached hydrogens (tertiary/aromatic N) is 2. The van der Waals surface area contributed by atoms with Crippen LogP contribution in [0.1, 0.15) is 26.5 Å². The van der Waals surface area contributed by atoms with Crippen LogP contribution in [0, 0.1) is 0 Å². The van der Waals surface area contributed by atoms with E-state index in [4.69, 9.17) is 0 Å². The van der Waals surface area contributed by atoms with E-state index >= 15 is 0 Å². The van der Waals surface area contributed by atoms with E-state index in [1.165, 1.54) is 5.22 Å². The van der Waals surface area contributed by atoms with Crippen LogP contribution in [0.3, 0.4) is 0 Å². The minimum absolute atomic E-state index is 0.113. The summed E-state index contributed by atoms with van der Waals surface area (Å²) in [5.74, 6) is 0. The Labute approximate surface area is 78.0 Å². The Morgan fingerprint density at radius 2 is 2.08 bits per heavy atom. The van der Waals surface area contributed by atoms with E-state index in [1.54, 1.807) is 0 Å². The summed E-state index contributed by atoms with van der Waals surface area (Å²) in [6.45, 7) is 7.36. The third-order valence-corrected chi connectivity index (χ3v) is 2.23. The molecule has 0 aromatic carbocycles. The van der Waals surface area contributed by atoms with E-state index in [9.17, 15) is 0 Å². The van der Waals surface area contributed by atoms with Gasteiger partial charge in [-0.05, 0) is 6.07 Å². The zero-order valence-electron chi connectivity index (χ0n) is 8.33. The molecule has 0 fully saturated rings. The van der Waals surface area contributed by atoms with Gasteiger partial charge >= 0.3 is 0 Å². The first-order chi connectivity index (χ1) is 6.09. The number of hydrogen-bond acceptors (Lipinski definition) is 2. The van der Waals surface area contributed by atoms with Crippen molar-refractivity contribution < 1.29 is 0 Å². The molecule has 0 radical (unpaired) electrons. The van der Waals surface area contributed by atoms with Crippen molar-refractivity contribution in [3.8, 4) is 0 Å². The Hall–Kier alpha value is -1.18. The van der Waals surface area contributed by atoms with Crippen LogP contribution in [0.15, 0.2) is 17.3 Å². The van der Waals surface area contributed by atoms with Gasteiger partial charge in [-0.2, -0.15) is 0 Å². The molecular weight excluding hydrogens is 160 g/mol. The lowest BCUT2D eigenvalue weighted by molar-refractivity contribution is 0.563. The molecule has 0 spiro atoms. The lowest BCUT2D eigenvalue weighted by atomic mass is 9.90. The van der Waals surface area contributed by atoms with Crippen molar-refractivity contribution >= 4 is 6.08 Å². The van der Waals surface area contributed by atoms with Gasteiger partial charge in [-0.15, -0.1) is 0 Å². The molecular formula is C11H14N2. The highest BCUT2D eigenvalue weighted by atomic mass is 14.8. The Morgan fingerprint density at radius 1 is 1.31 bits per heavy atom. The first kappa shape index (κ1) is 8.42. The lowest BCUT2D eigenvalue weighted by Crippen LogP contribution is -2.33. The fourth-order valence-corrected chi connectivity index (χ4v) is 1.64. The highest BCUT2D eigenvalue weighted by Gasteiger charge is 2.17. The summed E-state index contributed by atoms with van der Waals surface area (Å²) in [4.78, 5) is 8.81. The maximum absolute atomic E-state index is 4.43. The average Bonchev–Trinajstić information content (AvgIpc) is 2.48. The summed E-state index contributed by atoms with van der Waals surface area (Å²) in [7, 11) is 0. The minimum Gasteiger partial charge on any atom is -0.280 e. The molecule has 0 bridgehead atoms. The zero-order valence-corrected chi connectivity index (χ0v) is 8.33. The second-order valence-corrected chi connectivity index (χ2v) is 4.39. The van der Waals surface area contributed by atoms with Gasteiger partial charge in [0.25, 0.3) is 0 Å². The van der Waals surface area contributed by atoms with Gasteiger partial charge in [-0.3, -0.25) is 9.98 Å². The van der Waals surface area contributed by atoms with Crippen LogP contribution in [-0.2, 0) is 5.41 Å². The predicted octanol–water partition coefficient (Wildman–Crippen LogP) is 0.793. The summed E-state index contributed by atoms with van der Waals surface area (Å²) in [5, 5.41) is 2.33. The van der Waals surface area contributed by atoms with Crippen molar-refractivity contribution in [3.05, 3.63) is 28.5 Å². The van der Waals surface area contributed by atoms with E-state index in [0.29, 0.717) is 0 Å². The van der Waals surface area contributed by atoms with Crippen molar-refractivity contribution in [2.75, 3.05) is 6.54 Å². The summed E-state index contributed by atoms with van der Waals surface area (Å²) < 4.78 is 0. The molecule has 1 aromatic heterocycles. The smallest absolute Gasteiger partial charge is 0.0681 e.